The normalized spacial score (nSPS) is 23.3. The Morgan fingerprint density at radius 2 is 1.97 bits per heavy atom. The van der Waals surface area contributed by atoms with Crippen LogP contribution in [0.3, 0.4) is 0 Å². The van der Waals surface area contributed by atoms with Crippen LogP contribution in [0.1, 0.15) is 50.4 Å². The van der Waals surface area contributed by atoms with Crippen molar-refractivity contribution in [3.8, 4) is 5.69 Å². The fourth-order valence-electron chi connectivity index (χ4n) is 4.93. The lowest BCUT2D eigenvalue weighted by Gasteiger charge is -2.45. The number of benzene rings is 1. The van der Waals surface area contributed by atoms with Crippen molar-refractivity contribution in [1.29, 1.82) is 0 Å². The van der Waals surface area contributed by atoms with Gasteiger partial charge in [0.2, 0.25) is 5.91 Å². The molecular formula is C24H32N4O. The van der Waals surface area contributed by atoms with Gasteiger partial charge < -0.3 is 5.32 Å². The van der Waals surface area contributed by atoms with Gasteiger partial charge in [-0.05, 0) is 77.0 Å². The number of anilines is 1. The second kappa shape index (κ2) is 8.15. The highest BCUT2D eigenvalue weighted by Crippen LogP contribution is 2.41. The lowest BCUT2D eigenvalue weighted by molar-refractivity contribution is -0.122. The highest BCUT2D eigenvalue weighted by molar-refractivity contribution is 5.95. The van der Waals surface area contributed by atoms with Gasteiger partial charge in [0.05, 0.1) is 28.8 Å². The largest absolute Gasteiger partial charge is 0.322 e. The first kappa shape index (κ1) is 19.9. The van der Waals surface area contributed by atoms with Gasteiger partial charge >= 0.3 is 0 Å². The molecule has 154 valence electrons. The third-order valence-corrected chi connectivity index (χ3v) is 6.72. The Morgan fingerprint density at radius 1 is 1.17 bits per heavy atom. The second-order valence-electron chi connectivity index (χ2n) is 8.75. The van der Waals surface area contributed by atoms with Crippen molar-refractivity contribution in [3.63, 3.8) is 0 Å². The van der Waals surface area contributed by atoms with Gasteiger partial charge in [0.15, 0.2) is 0 Å². The summed E-state index contributed by atoms with van der Waals surface area (Å²) < 4.78 is 1.90. The molecule has 2 heterocycles. The number of likely N-dealkylation sites (tertiary alicyclic amines) is 1. The molecule has 1 N–H and O–H groups in total. The van der Waals surface area contributed by atoms with Crippen molar-refractivity contribution in [1.82, 2.24) is 14.7 Å². The van der Waals surface area contributed by atoms with Crippen LogP contribution in [0, 0.1) is 19.3 Å². The molecule has 5 heteroatoms. The smallest absolute Gasteiger partial charge is 0.241 e. The van der Waals surface area contributed by atoms with E-state index in [-0.39, 0.29) is 11.9 Å². The topological polar surface area (TPSA) is 50.2 Å². The molecule has 0 unspecified atom stereocenters. The summed E-state index contributed by atoms with van der Waals surface area (Å²) in [5, 5.41) is 7.83. The van der Waals surface area contributed by atoms with Gasteiger partial charge in [-0.3, -0.25) is 9.69 Å². The number of hydrogen-bond acceptors (Lipinski definition) is 3. The molecule has 4 rings (SSSR count). The molecule has 2 aromatic rings. The van der Waals surface area contributed by atoms with E-state index in [9.17, 15) is 4.79 Å². The van der Waals surface area contributed by atoms with Crippen molar-refractivity contribution in [3.05, 3.63) is 53.9 Å². The molecule has 1 aliphatic carbocycles. The third-order valence-electron chi connectivity index (χ3n) is 6.72. The Balaban J connectivity index is 1.48. The van der Waals surface area contributed by atoms with Gasteiger partial charge in [0, 0.05) is 6.54 Å². The fourth-order valence-corrected chi connectivity index (χ4v) is 4.93. The zero-order chi connectivity index (χ0) is 20.4. The van der Waals surface area contributed by atoms with E-state index in [4.69, 9.17) is 0 Å². The summed E-state index contributed by atoms with van der Waals surface area (Å²) in [6.07, 6.45) is 10.7. The van der Waals surface area contributed by atoms with E-state index >= 15 is 0 Å². The van der Waals surface area contributed by atoms with Crippen LogP contribution < -0.4 is 5.32 Å². The van der Waals surface area contributed by atoms with Gasteiger partial charge in [-0.25, -0.2) is 4.68 Å². The SMILES string of the molecule is Cc1nn(-c2ccccc2)c(C)c1NC(=O)[C@H](C)N1CCC[C@@]2(CC=CCC2)C1. The van der Waals surface area contributed by atoms with Crippen LogP contribution in [-0.4, -0.2) is 39.7 Å². The van der Waals surface area contributed by atoms with Gasteiger partial charge in [-0.2, -0.15) is 5.10 Å². The van der Waals surface area contributed by atoms with Crippen LogP contribution >= 0.6 is 0 Å². The first-order valence-corrected chi connectivity index (χ1v) is 10.8. The molecule has 2 aliphatic rings. The monoisotopic (exact) mass is 392 g/mol. The van der Waals surface area contributed by atoms with Gasteiger partial charge in [-0.15, -0.1) is 0 Å². The average Bonchev–Trinajstić information content (AvgIpc) is 3.02. The Bertz CT molecular complexity index is 901. The molecule has 2 atom stereocenters. The molecule has 1 saturated heterocycles. The number of aromatic nitrogens is 2. The van der Waals surface area contributed by atoms with Crippen molar-refractivity contribution < 1.29 is 4.79 Å². The minimum atomic E-state index is -0.142. The Kier molecular flexibility index (Phi) is 5.59. The number of rotatable bonds is 4. The highest BCUT2D eigenvalue weighted by atomic mass is 16.2. The molecule has 0 bridgehead atoms. The maximum Gasteiger partial charge on any atom is 0.241 e. The van der Waals surface area contributed by atoms with Gasteiger partial charge in [0.25, 0.3) is 0 Å². The number of aryl methyl sites for hydroxylation is 1. The average molecular weight is 393 g/mol. The first-order chi connectivity index (χ1) is 14.0. The number of nitrogens with zero attached hydrogens (tertiary/aromatic N) is 3. The van der Waals surface area contributed by atoms with Gasteiger partial charge in [-0.1, -0.05) is 30.4 Å². The Hall–Kier alpha value is -2.40. The summed E-state index contributed by atoms with van der Waals surface area (Å²) in [6, 6.07) is 9.90. The fraction of sp³-hybridized carbons (Fsp3) is 0.500. The number of amides is 1. The Morgan fingerprint density at radius 3 is 2.69 bits per heavy atom. The molecule has 1 spiro atoms. The maximum atomic E-state index is 13.1. The van der Waals surface area contributed by atoms with Crippen LogP contribution in [0.4, 0.5) is 5.69 Å². The molecule has 0 radical (unpaired) electrons. The maximum absolute atomic E-state index is 13.1. The van der Waals surface area contributed by atoms with Crippen LogP contribution in [-0.2, 0) is 4.79 Å². The van der Waals surface area contributed by atoms with Crippen LogP contribution in [0.5, 0.6) is 0 Å². The molecular weight excluding hydrogens is 360 g/mol. The first-order valence-electron chi connectivity index (χ1n) is 10.8. The quantitative estimate of drug-likeness (QED) is 0.771. The van der Waals surface area contributed by atoms with Crippen molar-refractivity contribution in [2.24, 2.45) is 5.41 Å². The van der Waals surface area contributed by atoms with E-state index in [2.05, 4.69) is 27.5 Å². The molecule has 29 heavy (non-hydrogen) atoms. The second-order valence-corrected chi connectivity index (χ2v) is 8.75. The molecule has 1 fully saturated rings. The molecule has 0 saturated carbocycles. The number of carbonyl (C=O) groups is 1. The zero-order valence-corrected chi connectivity index (χ0v) is 17.8. The number of para-hydroxylation sites is 1. The minimum Gasteiger partial charge on any atom is -0.322 e. The lowest BCUT2D eigenvalue weighted by Crippen LogP contribution is -2.51. The number of hydrogen-bond donors (Lipinski definition) is 1. The number of piperidine rings is 1. The molecule has 1 aromatic heterocycles. The summed E-state index contributed by atoms with van der Waals surface area (Å²) >= 11 is 0. The van der Waals surface area contributed by atoms with E-state index in [1.54, 1.807) is 0 Å². The summed E-state index contributed by atoms with van der Waals surface area (Å²) in [4.78, 5) is 15.5. The van der Waals surface area contributed by atoms with Crippen molar-refractivity contribution >= 4 is 11.6 Å². The standard InChI is InChI=1S/C24H32N4O/c1-18-22(19(2)28(26-18)21-11-6-4-7-12-21)25-23(29)20(3)27-16-10-15-24(17-27)13-8-5-9-14-24/h4-8,11-12,20H,9-10,13-17H2,1-3H3,(H,25,29)/t20-,24-/m0/s1. The predicted octanol–water partition coefficient (Wildman–Crippen LogP) is 4.64. The summed E-state index contributed by atoms with van der Waals surface area (Å²) in [5.41, 5.74) is 4.01. The van der Waals surface area contributed by atoms with Crippen molar-refractivity contribution in [2.45, 2.75) is 58.9 Å². The van der Waals surface area contributed by atoms with Crippen LogP contribution in [0.25, 0.3) is 5.69 Å². The lowest BCUT2D eigenvalue weighted by atomic mass is 9.71. The number of nitrogens with one attached hydrogen (secondary N) is 1. The summed E-state index contributed by atoms with van der Waals surface area (Å²) in [5.74, 6) is 0.0622. The van der Waals surface area contributed by atoms with Crippen molar-refractivity contribution in [2.75, 3.05) is 18.4 Å². The number of carbonyl (C=O) groups excluding carboxylic acids is 1. The molecule has 5 nitrogen and oxygen atoms in total. The molecule has 1 aliphatic heterocycles. The predicted molar refractivity (Wildman–Crippen MR) is 117 cm³/mol. The minimum absolute atomic E-state index is 0.0622. The zero-order valence-electron chi connectivity index (χ0n) is 17.8. The Labute approximate surface area is 173 Å². The molecule has 1 amide bonds. The van der Waals surface area contributed by atoms with E-state index < -0.39 is 0 Å². The summed E-state index contributed by atoms with van der Waals surface area (Å²) in [7, 11) is 0. The van der Waals surface area contributed by atoms with E-state index in [0.29, 0.717) is 5.41 Å². The van der Waals surface area contributed by atoms with Crippen LogP contribution in [0.2, 0.25) is 0 Å². The van der Waals surface area contributed by atoms with Crippen LogP contribution in [0.15, 0.2) is 42.5 Å². The van der Waals surface area contributed by atoms with E-state index in [0.717, 1.165) is 42.3 Å². The van der Waals surface area contributed by atoms with E-state index in [1.807, 2.05) is 55.8 Å². The van der Waals surface area contributed by atoms with Gasteiger partial charge in [0.1, 0.15) is 0 Å². The van der Waals surface area contributed by atoms with E-state index in [1.165, 1.54) is 25.7 Å². The summed E-state index contributed by atoms with van der Waals surface area (Å²) in [6.45, 7) is 8.03. The third kappa shape index (κ3) is 4.01. The molecule has 1 aromatic carbocycles. The highest BCUT2D eigenvalue weighted by Gasteiger charge is 2.38. The number of allylic oxidation sites excluding steroid dienone is 2.